The normalized spacial score (nSPS) is 11.4. The summed E-state index contributed by atoms with van der Waals surface area (Å²) in [6, 6.07) is 15.7. The van der Waals surface area contributed by atoms with Gasteiger partial charge in [0.25, 0.3) is 0 Å². The highest BCUT2D eigenvalue weighted by molar-refractivity contribution is 5.44. The lowest BCUT2D eigenvalue weighted by atomic mass is 9.96. The Hall–Kier alpha value is -2.67. The van der Waals surface area contributed by atoms with Gasteiger partial charge in [0.2, 0.25) is 0 Å². The Morgan fingerprint density at radius 3 is 2.52 bits per heavy atom. The SMILES string of the molecule is COc1ccc(C(C#N)CCOc2cccc(C)c2)c(OC)c1. The van der Waals surface area contributed by atoms with E-state index in [2.05, 4.69) is 6.07 Å². The zero-order valence-corrected chi connectivity index (χ0v) is 13.7. The molecule has 4 heteroatoms. The Morgan fingerprint density at radius 1 is 1.04 bits per heavy atom. The van der Waals surface area contributed by atoms with E-state index in [0.29, 0.717) is 24.5 Å². The lowest BCUT2D eigenvalue weighted by Gasteiger charge is -2.15. The maximum Gasteiger partial charge on any atom is 0.127 e. The third-order valence-corrected chi connectivity index (χ3v) is 3.64. The molecule has 0 aromatic heterocycles. The fourth-order valence-electron chi connectivity index (χ4n) is 2.40. The average Bonchev–Trinajstić information content (AvgIpc) is 2.58. The Balaban J connectivity index is 2.04. The van der Waals surface area contributed by atoms with Crippen LogP contribution in [0.2, 0.25) is 0 Å². The molecule has 2 aromatic rings. The van der Waals surface area contributed by atoms with E-state index in [9.17, 15) is 5.26 Å². The van der Waals surface area contributed by atoms with Crippen LogP contribution < -0.4 is 14.2 Å². The van der Waals surface area contributed by atoms with E-state index in [0.717, 1.165) is 16.9 Å². The van der Waals surface area contributed by atoms with Gasteiger partial charge < -0.3 is 14.2 Å². The molecule has 0 aliphatic carbocycles. The van der Waals surface area contributed by atoms with E-state index in [1.54, 1.807) is 20.3 Å². The highest BCUT2D eigenvalue weighted by atomic mass is 16.5. The average molecular weight is 311 g/mol. The van der Waals surface area contributed by atoms with Crippen molar-refractivity contribution in [2.24, 2.45) is 0 Å². The summed E-state index contributed by atoms with van der Waals surface area (Å²) in [5.41, 5.74) is 2.00. The Bertz CT molecular complexity index is 691. The molecular formula is C19H21NO3. The van der Waals surface area contributed by atoms with Crippen LogP contribution in [0.15, 0.2) is 42.5 Å². The first-order chi connectivity index (χ1) is 11.2. The van der Waals surface area contributed by atoms with Crippen LogP contribution in [0.25, 0.3) is 0 Å². The molecule has 120 valence electrons. The van der Waals surface area contributed by atoms with Gasteiger partial charge in [-0.3, -0.25) is 0 Å². The summed E-state index contributed by atoms with van der Waals surface area (Å²) >= 11 is 0. The van der Waals surface area contributed by atoms with Crippen molar-refractivity contribution in [3.05, 3.63) is 53.6 Å². The number of rotatable bonds is 7. The lowest BCUT2D eigenvalue weighted by Crippen LogP contribution is -2.06. The minimum absolute atomic E-state index is 0.291. The van der Waals surface area contributed by atoms with Crippen LogP contribution in [-0.2, 0) is 0 Å². The summed E-state index contributed by atoms with van der Waals surface area (Å²) in [5, 5.41) is 9.47. The summed E-state index contributed by atoms with van der Waals surface area (Å²) in [6.07, 6.45) is 0.590. The van der Waals surface area contributed by atoms with E-state index in [4.69, 9.17) is 14.2 Å². The van der Waals surface area contributed by atoms with Gasteiger partial charge in [0.1, 0.15) is 17.2 Å². The number of benzene rings is 2. The second-order valence-corrected chi connectivity index (χ2v) is 5.24. The van der Waals surface area contributed by atoms with Crippen LogP contribution in [0.4, 0.5) is 0 Å². The largest absolute Gasteiger partial charge is 0.497 e. The molecule has 23 heavy (non-hydrogen) atoms. The first kappa shape index (κ1) is 16.7. The zero-order valence-electron chi connectivity index (χ0n) is 13.7. The van der Waals surface area contributed by atoms with Gasteiger partial charge in [-0.15, -0.1) is 0 Å². The first-order valence-electron chi connectivity index (χ1n) is 7.49. The minimum atomic E-state index is -0.291. The number of hydrogen-bond donors (Lipinski definition) is 0. The molecule has 0 fully saturated rings. The third kappa shape index (κ3) is 4.40. The van der Waals surface area contributed by atoms with Gasteiger partial charge in [0, 0.05) is 18.1 Å². The standard InChI is InChI=1S/C19H21NO3/c1-14-5-4-6-17(11-14)23-10-9-15(13-20)18-8-7-16(21-2)12-19(18)22-3/h4-8,11-12,15H,9-10H2,1-3H3. The van der Waals surface area contributed by atoms with Crippen molar-refractivity contribution in [2.75, 3.05) is 20.8 Å². The van der Waals surface area contributed by atoms with Crippen molar-refractivity contribution in [2.45, 2.75) is 19.3 Å². The van der Waals surface area contributed by atoms with Crippen LogP contribution in [0.5, 0.6) is 17.2 Å². The monoisotopic (exact) mass is 311 g/mol. The number of methoxy groups -OCH3 is 2. The predicted octanol–water partition coefficient (Wildman–Crippen LogP) is 4.09. The van der Waals surface area contributed by atoms with E-state index in [1.807, 2.05) is 43.3 Å². The molecule has 4 nitrogen and oxygen atoms in total. The van der Waals surface area contributed by atoms with Crippen LogP contribution in [0.1, 0.15) is 23.5 Å². The van der Waals surface area contributed by atoms with Crippen LogP contribution in [-0.4, -0.2) is 20.8 Å². The van der Waals surface area contributed by atoms with E-state index < -0.39 is 0 Å². The summed E-state index contributed by atoms with van der Waals surface area (Å²) in [4.78, 5) is 0. The summed E-state index contributed by atoms with van der Waals surface area (Å²) in [6.45, 7) is 2.49. The fourth-order valence-corrected chi connectivity index (χ4v) is 2.40. The summed E-state index contributed by atoms with van der Waals surface area (Å²) in [5.74, 6) is 1.90. The predicted molar refractivity (Wildman–Crippen MR) is 89.2 cm³/mol. The molecular weight excluding hydrogens is 290 g/mol. The highest BCUT2D eigenvalue weighted by Gasteiger charge is 2.16. The van der Waals surface area contributed by atoms with Gasteiger partial charge in [-0.05, 0) is 30.7 Å². The van der Waals surface area contributed by atoms with Crippen molar-refractivity contribution in [3.63, 3.8) is 0 Å². The van der Waals surface area contributed by atoms with E-state index in [1.165, 1.54) is 0 Å². The topological polar surface area (TPSA) is 51.5 Å². The molecule has 0 spiro atoms. The van der Waals surface area contributed by atoms with Crippen molar-refractivity contribution in [1.82, 2.24) is 0 Å². The van der Waals surface area contributed by atoms with Crippen LogP contribution >= 0.6 is 0 Å². The molecule has 0 amide bonds. The Morgan fingerprint density at radius 2 is 1.87 bits per heavy atom. The van der Waals surface area contributed by atoms with Gasteiger partial charge in [0.05, 0.1) is 32.8 Å². The fraction of sp³-hybridized carbons (Fsp3) is 0.316. The maximum absolute atomic E-state index is 9.47. The molecule has 0 saturated heterocycles. The molecule has 0 N–H and O–H groups in total. The Labute approximate surface area is 137 Å². The molecule has 0 bridgehead atoms. The number of nitriles is 1. The summed E-state index contributed by atoms with van der Waals surface area (Å²) < 4.78 is 16.3. The quantitative estimate of drug-likeness (QED) is 0.773. The third-order valence-electron chi connectivity index (χ3n) is 3.64. The molecule has 0 aliphatic heterocycles. The molecule has 1 atom stereocenters. The second-order valence-electron chi connectivity index (χ2n) is 5.24. The number of nitrogens with zero attached hydrogens (tertiary/aromatic N) is 1. The lowest BCUT2D eigenvalue weighted by molar-refractivity contribution is 0.304. The molecule has 0 radical (unpaired) electrons. The second kappa shape index (κ2) is 8.09. The zero-order chi connectivity index (χ0) is 16.7. The van der Waals surface area contributed by atoms with Crippen LogP contribution in [0, 0.1) is 18.3 Å². The molecule has 2 rings (SSSR count). The minimum Gasteiger partial charge on any atom is -0.497 e. The van der Waals surface area contributed by atoms with Crippen molar-refractivity contribution in [3.8, 4) is 23.3 Å². The van der Waals surface area contributed by atoms with Crippen molar-refractivity contribution in [1.29, 1.82) is 5.26 Å². The number of hydrogen-bond acceptors (Lipinski definition) is 4. The van der Waals surface area contributed by atoms with Gasteiger partial charge in [-0.2, -0.15) is 5.26 Å². The summed E-state index contributed by atoms with van der Waals surface area (Å²) in [7, 11) is 3.20. The van der Waals surface area contributed by atoms with Gasteiger partial charge in [-0.25, -0.2) is 0 Å². The number of aryl methyl sites for hydroxylation is 1. The van der Waals surface area contributed by atoms with Gasteiger partial charge >= 0.3 is 0 Å². The maximum atomic E-state index is 9.47. The molecule has 1 unspecified atom stereocenters. The highest BCUT2D eigenvalue weighted by Crippen LogP contribution is 2.32. The van der Waals surface area contributed by atoms with Crippen molar-refractivity contribution >= 4 is 0 Å². The molecule has 0 saturated carbocycles. The molecule has 2 aromatic carbocycles. The van der Waals surface area contributed by atoms with Crippen molar-refractivity contribution < 1.29 is 14.2 Å². The van der Waals surface area contributed by atoms with E-state index in [-0.39, 0.29) is 5.92 Å². The van der Waals surface area contributed by atoms with E-state index >= 15 is 0 Å². The van der Waals surface area contributed by atoms with Gasteiger partial charge in [-0.1, -0.05) is 18.2 Å². The smallest absolute Gasteiger partial charge is 0.127 e. The first-order valence-corrected chi connectivity index (χ1v) is 7.49. The van der Waals surface area contributed by atoms with Gasteiger partial charge in [0.15, 0.2) is 0 Å². The Kier molecular flexibility index (Phi) is 5.87. The number of ether oxygens (including phenoxy) is 3. The molecule has 0 heterocycles. The molecule has 0 aliphatic rings. The van der Waals surface area contributed by atoms with Crippen LogP contribution in [0.3, 0.4) is 0 Å².